The minimum absolute atomic E-state index is 0.0261. The molecular weight excluding hydrogens is 364 g/mol. The fourth-order valence-corrected chi connectivity index (χ4v) is 11.0. The molecule has 1 N–H and O–H groups in total. The van der Waals surface area contributed by atoms with Gasteiger partial charge in [0.05, 0.1) is 6.10 Å². The van der Waals surface area contributed by atoms with Gasteiger partial charge in [0.25, 0.3) is 0 Å². The summed E-state index contributed by atoms with van der Waals surface area (Å²) in [5, 5.41) is 10.6. The molecule has 5 rings (SSSR count). The molecule has 2 spiro atoms. The molecule has 0 amide bonds. The predicted octanol–water partition coefficient (Wildman–Crippen LogP) is 7.86. The number of rotatable bonds is 5. The molecule has 1 unspecified atom stereocenters. The van der Waals surface area contributed by atoms with Gasteiger partial charge in [0.15, 0.2) is 0 Å². The van der Waals surface area contributed by atoms with Crippen molar-refractivity contribution < 1.29 is 5.11 Å². The summed E-state index contributed by atoms with van der Waals surface area (Å²) in [6, 6.07) is 0. The molecule has 0 aromatic rings. The molecule has 0 radical (unpaired) electrons. The van der Waals surface area contributed by atoms with Crippen molar-refractivity contribution in [2.75, 3.05) is 0 Å². The topological polar surface area (TPSA) is 20.2 Å². The van der Waals surface area contributed by atoms with E-state index in [-0.39, 0.29) is 6.10 Å². The van der Waals surface area contributed by atoms with E-state index in [1.807, 2.05) is 0 Å². The summed E-state index contributed by atoms with van der Waals surface area (Å²) in [6.07, 6.45) is 17.1. The summed E-state index contributed by atoms with van der Waals surface area (Å²) in [7, 11) is 0. The number of hydrogen-bond donors (Lipinski definition) is 1. The Morgan fingerprint density at radius 1 is 0.833 bits per heavy atom. The monoisotopic (exact) mass is 414 g/mol. The van der Waals surface area contributed by atoms with Crippen LogP contribution in [0.1, 0.15) is 119 Å². The standard InChI is InChI=1S/C29H50O/c1-19(2)8-7-9-20(3)22-12-14-27(6)25-11-10-23-21(4)24(30)13-15-28(23)18-29(25,28)17-16-26(22,27)5/h19-25,30H,7-18H2,1-6H3/t20-,21?,22-,23+,24+,25+,26-,27+,28-,29+/m1/s1. The van der Waals surface area contributed by atoms with Crippen LogP contribution in [0.2, 0.25) is 0 Å². The largest absolute Gasteiger partial charge is 0.393 e. The van der Waals surface area contributed by atoms with Crippen LogP contribution < -0.4 is 0 Å². The highest BCUT2D eigenvalue weighted by molar-refractivity contribution is 5.29. The lowest BCUT2D eigenvalue weighted by atomic mass is 9.43. The van der Waals surface area contributed by atoms with E-state index in [2.05, 4.69) is 41.5 Å². The molecule has 0 aromatic heterocycles. The molecule has 0 heterocycles. The second-order valence-electron chi connectivity index (χ2n) is 14.0. The second-order valence-corrected chi connectivity index (χ2v) is 14.0. The van der Waals surface area contributed by atoms with Crippen molar-refractivity contribution in [2.24, 2.45) is 57.2 Å². The molecule has 1 heteroatoms. The van der Waals surface area contributed by atoms with Crippen LogP contribution in [0.3, 0.4) is 0 Å². The van der Waals surface area contributed by atoms with E-state index < -0.39 is 0 Å². The van der Waals surface area contributed by atoms with Gasteiger partial charge < -0.3 is 5.11 Å². The molecule has 5 aliphatic rings. The van der Waals surface area contributed by atoms with E-state index in [0.29, 0.717) is 27.6 Å². The molecule has 10 atom stereocenters. The quantitative estimate of drug-likeness (QED) is 0.485. The van der Waals surface area contributed by atoms with Gasteiger partial charge in [0.1, 0.15) is 0 Å². The Labute approximate surface area is 187 Å². The maximum atomic E-state index is 10.6. The van der Waals surface area contributed by atoms with Gasteiger partial charge in [0, 0.05) is 0 Å². The van der Waals surface area contributed by atoms with Crippen LogP contribution in [-0.4, -0.2) is 11.2 Å². The van der Waals surface area contributed by atoms with Crippen molar-refractivity contribution in [2.45, 2.75) is 125 Å². The van der Waals surface area contributed by atoms with Gasteiger partial charge in [-0.1, -0.05) is 60.8 Å². The molecule has 0 saturated heterocycles. The Morgan fingerprint density at radius 3 is 2.33 bits per heavy atom. The SMILES string of the molecule is CC(C)CCC[C@@H](C)[C@H]1CC[C@@]2(C)[C@@H]3CC[C@H]4C(C)[C@@H](O)CC[C@@]45C[C@@]35CC[C@]12C. The lowest BCUT2D eigenvalue weighted by Crippen LogP contribution is -2.55. The van der Waals surface area contributed by atoms with Gasteiger partial charge in [-0.25, -0.2) is 0 Å². The van der Waals surface area contributed by atoms with E-state index in [1.54, 1.807) is 0 Å². The molecule has 1 nitrogen and oxygen atoms in total. The Bertz CT molecular complexity index is 669. The highest BCUT2D eigenvalue weighted by atomic mass is 16.3. The number of hydrogen-bond acceptors (Lipinski definition) is 1. The summed E-state index contributed by atoms with van der Waals surface area (Å²) in [5.41, 5.74) is 2.42. The summed E-state index contributed by atoms with van der Waals surface area (Å²) in [5.74, 6) is 5.03. The average Bonchev–Trinajstić information content (AvgIpc) is 3.27. The summed E-state index contributed by atoms with van der Waals surface area (Å²) < 4.78 is 0. The molecule has 5 fully saturated rings. The number of aliphatic hydroxyl groups excluding tert-OH is 1. The van der Waals surface area contributed by atoms with Gasteiger partial charge in [-0.2, -0.15) is 0 Å². The summed E-state index contributed by atoms with van der Waals surface area (Å²) >= 11 is 0. The van der Waals surface area contributed by atoms with E-state index in [9.17, 15) is 5.11 Å². The van der Waals surface area contributed by atoms with Crippen LogP contribution in [-0.2, 0) is 0 Å². The molecule has 5 aliphatic carbocycles. The lowest BCUT2D eigenvalue weighted by molar-refractivity contribution is -0.142. The van der Waals surface area contributed by atoms with Crippen LogP contribution >= 0.6 is 0 Å². The Morgan fingerprint density at radius 2 is 1.60 bits per heavy atom. The van der Waals surface area contributed by atoms with E-state index in [4.69, 9.17) is 0 Å². The maximum Gasteiger partial charge on any atom is 0.0568 e. The average molecular weight is 415 g/mol. The van der Waals surface area contributed by atoms with Crippen molar-refractivity contribution in [3.05, 3.63) is 0 Å². The molecule has 0 aliphatic heterocycles. The molecule has 172 valence electrons. The zero-order chi connectivity index (χ0) is 21.5. The normalized spacial score (nSPS) is 55.4. The minimum Gasteiger partial charge on any atom is -0.393 e. The fraction of sp³-hybridized carbons (Fsp3) is 1.00. The van der Waals surface area contributed by atoms with Gasteiger partial charge in [-0.3, -0.25) is 0 Å². The van der Waals surface area contributed by atoms with Crippen LogP contribution in [0.5, 0.6) is 0 Å². The van der Waals surface area contributed by atoms with E-state index in [0.717, 1.165) is 36.0 Å². The van der Waals surface area contributed by atoms with Crippen LogP contribution in [0.25, 0.3) is 0 Å². The van der Waals surface area contributed by atoms with Crippen molar-refractivity contribution in [3.8, 4) is 0 Å². The van der Waals surface area contributed by atoms with Gasteiger partial charge >= 0.3 is 0 Å². The van der Waals surface area contributed by atoms with Gasteiger partial charge in [-0.05, 0) is 115 Å². The molecule has 5 saturated carbocycles. The third-order valence-electron chi connectivity index (χ3n) is 12.9. The van der Waals surface area contributed by atoms with Crippen LogP contribution in [0.15, 0.2) is 0 Å². The predicted molar refractivity (Wildman–Crippen MR) is 126 cm³/mol. The minimum atomic E-state index is -0.0261. The van der Waals surface area contributed by atoms with E-state index >= 15 is 0 Å². The first kappa shape index (κ1) is 21.8. The van der Waals surface area contributed by atoms with Crippen molar-refractivity contribution in [1.29, 1.82) is 0 Å². The Hall–Kier alpha value is -0.0400. The van der Waals surface area contributed by atoms with Crippen LogP contribution in [0, 0.1) is 57.2 Å². The first-order chi connectivity index (χ1) is 14.1. The lowest BCUT2D eigenvalue weighted by Gasteiger charge is -2.62. The fourth-order valence-electron chi connectivity index (χ4n) is 11.0. The van der Waals surface area contributed by atoms with Crippen molar-refractivity contribution >= 4 is 0 Å². The zero-order valence-electron chi connectivity index (χ0n) is 21.0. The van der Waals surface area contributed by atoms with Gasteiger partial charge in [0.2, 0.25) is 0 Å². The third-order valence-corrected chi connectivity index (χ3v) is 12.9. The summed E-state index contributed by atoms with van der Waals surface area (Å²) in [4.78, 5) is 0. The summed E-state index contributed by atoms with van der Waals surface area (Å²) in [6.45, 7) is 15.2. The highest BCUT2D eigenvalue weighted by Gasteiger charge is 2.81. The maximum absolute atomic E-state index is 10.6. The van der Waals surface area contributed by atoms with Crippen molar-refractivity contribution in [1.82, 2.24) is 0 Å². The zero-order valence-corrected chi connectivity index (χ0v) is 21.0. The Kier molecular flexibility index (Phi) is 5.07. The first-order valence-corrected chi connectivity index (χ1v) is 13.8. The Balaban J connectivity index is 1.37. The molecule has 0 aromatic carbocycles. The molecular formula is C29H50O. The van der Waals surface area contributed by atoms with Crippen molar-refractivity contribution in [3.63, 3.8) is 0 Å². The second kappa shape index (κ2) is 6.98. The third kappa shape index (κ3) is 2.63. The smallest absolute Gasteiger partial charge is 0.0568 e. The van der Waals surface area contributed by atoms with Crippen LogP contribution in [0.4, 0.5) is 0 Å². The number of fused-ring (bicyclic) bond motifs is 2. The van der Waals surface area contributed by atoms with Gasteiger partial charge in [-0.15, -0.1) is 0 Å². The molecule has 30 heavy (non-hydrogen) atoms. The first-order valence-electron chi connectivity index (χ1n) is 13.8. The number of aliphatic hydroxyl groups is 1. The molecule has 0 bridgehead atoms. The highest BCUT2D eigenvalue weighted by Crippen LogP contribution is 2.88. The van der Waals surface area contributed by atoms with E-state index in [1.165, 1.54) is 70.6 Å².